The van der Waals surface area contributed by atoms with Crippen molar-refractivity contribution in [2.45, 2.75) is 84.2 Å². The molecular weight excluding hydrogens is 548 g/mol. The van der Waals surface area contributed by atoms with Crippen LogP contribution in [0.4, 0.5) is 4.79 Å². The lowest BCUT2D eigenvalue weighted by Crippen LogP contribution is -2.50. The number of aliphatic hydroxyl groups is 2. The first kappa shape index (κ1) is 36.2. The van der Waals surface area contributed by atoms with Crippen molar-refractivity contribution in [1.82, 2.24) is 10.6 Å². The van der Waals surface area contributed by atoms with Gasteiger partial charge >= 0.3 is 6.09 Å². The second-order valence-corrected chi connectivity index (χ2v) is 12.2. The molecule has 0 spiro atoms. The zero-order valence-corrected chi connectivity index (χ0v) is 26.5. The minimum atomic E-state index is -0.956. The average Bonchev–Trinajstić information content (AvgIpc) is 2.95. The van der Waals surface area contributed by atoms with Crippen molar-refractivity contribution in [3.8, 4) is 5.75 Å². The fourth-order valence-electron chi connectivity index (χ4n) is 4.80. The molecule has 4 atom stereocenters. The molecule has 2 rings (SSSR count). The summed E-state index contributed by atoms with van der Waals surface area (Å²) in [5.74, 6) is 0.620. The molecule has 0 aliphatic carbocycles. The highest BCUT2D eigenvalue weighted by Crippen LogP contribution is 2.19. The maximum Gasteiger partial charge on any atom is 0.407 e. The molecule has 0 radical (unpaired) electrons. The molecule has 240 valence electrons. The van der Waals surface area contributed by atoms with E-state index in [0.29, 0.717) is 31.8 Å². The van der Waals surface area contributed by atoms with Gasteiger partial charge in [0.2, 0.25) is 0 Å². The van der Waals surface area contributed by atoms with Gasteiger partial charge in [-0.2, -0.15) is 0 Å². The van der Waals surface area contributed by atoms with Crippen LogP contribution in [0.1, 0.15) is 59.4 Å². The average molecular weight is 601 g/mol. The number of rotatable bonds is 17. The summed E-state index contributed by atoms with van der Waals surface area (Å²) in [6.45, 7) is 14.7. The number of ether oxygens (including phenoxy) is 3. The Morgan fingerprint density at radius 3 is 2.37 bits per heavy atom. The van der Waals surface area contributed by atoms with Gasteiger partial charge in [0.1, 0.15) is 18.0 Å². The van der Waals surface area contributed by atoms with Crippen molar-refractivity contribution in [1.29, 1.82) is 0 Å². The van der Waals surface area contributed by atoms with E-state index in [1.807, 2.05) is 44.2 Å². The van der Waals surface area contributed by atoms with Gasteiger partial charge < -0.3 is 35.1 Å². The number of aliphatic hydroxyl groups excluding tert-OH is 2. The first-order valence-electron chi connectivity index (χ1n) is 15.2. The Kier molecular flexibility index (Phi) is 15.7. The first-order valence-corrected chi connectivity index (χ1v) is 15.2. The molecule has 0 saturated carbocycles. The van der Waals surface area contributed by atoms with Gasteiger partial charge in [0.15, 0.2) is 5.78 Å². The molecule has 1 aliphatic heterocycles. The minimum absolute atomic E-state index is 0.0167. The van der Waals surface area contributed by atoms with Gasteiger partial charge in [-0.05, 0) is 82.6 Å². The molecule has 9 heteroatoms. The lowest BCUT2D eigenvalue weighted by atomic mass is 9.95. The Bertz CT molecular complexity index is 1060. The summed E-state index contributed by atoms with van der Waals surface area (Å²) in [5.41, 5.74) is 1.25. The maximum absolute atomic E-state index is 12.6. The molecule has 1 fully saturated rings. The predicted octanol–water partition coefficient (Wildman–Crippen LogP) is 4.52. The normalized spacial score (nSPS) is 17.6. The number of alkyl carbamates (subject to hydrolysis) is 1. The monoisotopic (exact) mass is 600 g/mol. The van der Waals surface area contributed by atoms with Crippen molar-refractivity contribution in [3.05, 3.63) is 66.3 Å². The number of carbonyl (C=O) groups excluding carboxylic acids is 2. The highest BCUT2D eigenvalue weighted by Gasteiger charge is 2.26. The molecule has 1 aliphatic rings. The van der Waals surface area contributed by atoms with Gasteiger partial charge in [-0.25, -0.2) is 4.79 Å². The number of hydrogen-bond donors (Lipinski definition) is 4. The molecule has 9 nitrogen and oxygen atoms in total. The van der Waals surface area contributed by atoms with Crippen LogP contribution in [0.5, 0.6) is 5.75 Å². The smallest absolute Gasteiger partial charge is 0.407 e. The quantitative estimate of drug-likeness (QED) is 0.192. The van der Waals surface area contributed by atoms with Crippen LogP contribution in [0.3, 0.4) is 0 Å². The number of benzene rings is 1. The van der Waals surface area contributed by atoms with Crippen LogP contribution < -0.4 is 15.4 Å². The van der Waals surface area contributed by atoms with Crippen LogP contribution in [0.2, 0.25) is 0 Å². The third kappa shape index (κ3) is 14.4. The van der Waals surface area contributed by atoms with Crippen LogP contribution in [-0.4, -0.2) is 78.9 Å². The van der Waals surface area contributed by atoms with Gasteiger partial charge in [-0.3, -0.25) is 4.79 Å². The molecule has 1 amide bonds. The Balaban J connectivity index is 1.96. The first-order chi connectivity index (χ1) is 20.4. The number of ketones is 1. The molecule has 1 aromatic carbocycles. The summed E-state index contributed by atoms with van der Waals surface area (Å²) in [6.07, 6.45) is 7.89. The Morgan fingerprint density at radius 1 is 1.12 bits per heavy atom. The molecule has 4 N–H and O–H groups in total. The molecule has 4 unspecified atom stereocenters. The number of amides is 1. The van der Waals surface area contributed by atoms with E-state index in [0.717, 1.165) is 24.0 Å². The Labute approximate surface area is 257 Å². The molecule has 1 heterocycles. The summed E-state index contributed by atoms with van der Waals surface area (Å²) >= 11 is 0. The summed E-state index contributed by atoms with van der Waals surface area (Å²) < 4.78 is 16.5. The third-order valence-corrected chi connectivity index (χ3v) is 7.24. The zero-order valence-electron chi connectivity index (χ0n) is 26.5. The summed E-state index contributed by atoms with van der Waals surface area (Å²) in [4.78, 5) is 25.0. The minimum Gasteiger partial charge on any atom is -0.486 e. The number of Topliss-reactive ketones (excluding diaryl/α,β-unsaturated/α-hetero) is 1. The van der Waals surface area contributed by atoms with E-state index in [1.165, 1.54) is 0 Å². The predicted molar refractivity (Wildman–Crippen MR) is 169 cm³/mol. The van der Waals surface area contributed by atoms with Gasteiger partial charge in [-0.15, -0.1) is 0 Å². The van der Waals surface area contributed by atoms with Gasteiger partial charge in [-0.1, -0.05) is 49.9 Å². The van der Waals surface area contributed by atoms with E-state index in [9.17, 15) is 19.8 Å². The third-order valence-electron chi connectivity index (χ3n) is 7.24. The van der Waals surface area contributed by atoms with Crippen molar-refractivity contribution < 1.29 is 34.0 Å². The fourth-order valence-corrected chi connectivity index (χ4v) is 4.80. The van der Waals surface area contributed by atoms with E-state index in [2.05, 4.69) is 17.2 Å². The van der Waals surface area contributed by atoms with Crippen molar-refractivity contribution in [3.63, 3.8) is 0 Å². The molecule has 43 heavy (non-hydrogen) atoms. The molecular formula is C34H52N2O7. The van der Waals surface area contributed by atoms with Crippen LogP contribution in [0, 0.1) is 11.8 Å². The van der Waals surface area contributed by atoms with Gasteiger partial charge in [0, 0.05) is 32.2 Å². The summed E-state index contributed by atoms with van der Waals surface area (Å²) in [5, 5.41) is 27.7. The van der Waals surface area contributed by atoms with Crippen LogP contribution in [0.25, 0.3) is 0 Å². The van der Waals surface area contributed by atoms with E-state index in [1.54, 1.807) is 39.0 Å². The largest absolute Gasteiger partial charge is 0.486 e. The molecule has 0 aromatic heterocycles. The van der Waals surface area contributed by atoms with Crippen LogP contribution >= 0.6 is 0 Å². The van der Waals surface area contributed by atoms with Crippen LogP contribution in [0.15, 0.2) is 60.7 Å². The van der Waals surface area contributed by atoms with E-state index in [-0.39, 0.29) is 37.3 Å². The zero-order chi connectivity index (χ0) is 31.8. The number of carbonyl (C=O) groups is 2. The SMILES string of the molecule is C=CC=C(C=CC)CC(C)C(O)CNCC(O)C(Cc1ccc(OCC(=O)C2CCOCC2)cc1)NC(=O)OC(C)(C)C. The van der Waals surface area contributed by atoms with Gasteiger partial charge in [0.05, 0.1) is 18.2 Å². The fraction of sp³-hybridized carbons (Fsp3) is 0.588. The molecule has 1 saturated heterocycles. The molecule has 1 aromatic rings. The maximum atomic E-state index is 12.6. The van der Waals surface area contributed by atoms with Gasteiger partial charge in [0.25, 0.3) is 0 Å². The van der Waals surface area contributed by atoms with E-state index >= 15 is 0 Å². The van der Waals surface area contributed by atoms with Crippen molar-refractivity contribution in [2.24, 2.45) is 11.8 Å². The summed E-state index contributed by atoms with van der Waals surface area (Å²) in [7, 11) is 0. The number of hydrogen-bond acceptors (Lipinski definition) is 8. The standard InChI is InChI=1S/C34H52N2O7/c1-7-9-25(10-8-2)19-24(3)30(37)21-35-22-31(38)29(36-33(40)43-34(4,5)6)20-26-11-13-28(14-12-26)42-23-32(39)27-15-17-41-18-16-27/h7-14,24,27,29-31,35,37-38H,1,15-23H2,2-6H3,(H,36,40). The van der Waals surface area contributed by atoms with Crippen LogP contribution in [-0.2, 0) is 20.7 Å². The van der Waals surface area contributed by atoms with E-state index in [4.69, 9.17) is 14.2 Å². The second-order valence-electron chi connectivity index (χ2n) is 12.2. The van der Waals surface area contributed by atoms with E-state index < -0.39 is 29.9 Å². The van der Waals surface area contributed by atoms with Crippen molar-refractivity contribution >= 4 is 11.9 Å². The second kappa shape index (κ2) is 18.6. The van der Waals surface area contributed by atoms with Crippen molar-refractivity contribution in [2.75, 3.05) is 32.9 Å². The topological polar surface area (TPSA) is 126 Å². The lowest BCUT2D eigenvalue weighted by molar-refractivity contribution is -0.127. The lowest BCUT2D eigenvalue weighted by Gasteiger charge is -2.28. The highest BCUT2D eigenvalue weighted by atomic mass is 16.6. The highest BCUT2D eigenvalue weighted by molar-refractivity contribution is 5.82. The summed E-state index contributed by atoms with van der Waals surface area (Å²) in [6, 6.07) is 6.60. The Morgan fingerprint density at radius 2 is 1.77 bits per heavy atom. The number of allylic oxidation sites excluding steroid dienone is 5. The Hall–Kier alpha value is -2.98. The number of nitrogens with one attached hydrogen (secondary N) is 2. The molecule has 0 bridgehead atoms.